The number of amides is 1. The third-order valence-electron chi connectivity index (χ3n) is 5.76. The lowest BCUT2D eigenvalue weighted by molar-refractivity contribution is -0.121. The number of hydrogen-bond acceptors (Lipinski definition) is 3. The van der Waals surface area contributed by atoms with Gasteiger partial charge in [-0.1, -0.05) is 58.3 Å². The highest BCUT2D eigenvalue weighted by Gasteiger charge is 2.22. The van der Waals surface area contributed by atoms with Crippen LogP contribution in [0, 0.1) is 6.92 Å². The van der Waals surface area contributed by atoms with Crippen LogP contribution in [0.5, 0.6) is 0 Å². The Morgan fingerprint density at radius 1 is 0.935 bits per heavy atom. The SMILES string of the molecule is CCCCCCCCCCCC(=O)NCCC[N+](C)(C)c1cc(C)cc(S(=O)(=O)O)c1. The second-order valence-electron chi connectivity index (χ2n) is 9.17. The number of nitrogens with zero attached hydrogens (tertiary/aromatic N) is 1. The van der Waals surface area contributed by atoms with Gasteiger partial charge in [0.2, 0.25) is 5.91 Å². The smallest absolute Gasteiger partial charge is 0.294 e. The van der Waals surface area contributed by atoms with E-state index in [2.05, 4.69) is 12.2 Å². The highest BCUT2D eigenvalue weighted by Crippen LogP contribution is 2.25. The summed E-state index contributed by atoms with van der Waals surface area (Å²) in [6.45, 7) is 5.39. The third-order valence-corrected chi connectivity index (χ3v) is 6.59. The Hall–Kier alpha value is -1.44. The average Bonchev–Trinajstić information content (AvgIpc) is 2.69. The van der Waals surface area contributed by atoms with Gasteiger partial charge in [-0.15, -0.1) is 0 Å². The fraction of sp³-hybridized carbons (Fsp3) is 0.708. The van der Waals surface area contributed by atoms with Crippen molar-refractivity contribution in [2.75, 3.05) is 27.2 Å². The first-order chi connectivity index (χ1) is 14.6. The molecule has 0 aromatic heterocycles. The molecule has 0 heterocycles. The van der Waals surface area contributed by atoms with Crippen LogP contribution in [-0.4, -0.2) is 46.1 Å². The second-order valence-corrected chi connectivity index (χ2v) is 10.6. The van der Waals surface area contributed by atoms with E-state index in [-0.39, 0.29) is 10.8 Å². The van der Waals surface area contributed by atoms with Crippen molar-refractivity contribution < 1.29 is 17.8 Å². The van der Waals surface area contributed by atoms with Gasteiger partial charge in [-0.05, 0) is 25.0 Å². The molecule has 7 heteroatoms. The predicted molar refractivity (Wildman–Crippen MR) is 129 cm³/mol. The Kier molecular flexibility index (Phi) is 12.3. The normalized spacial score (nSPS) is 12.2. The van der Waals surface area contributed by atoms with Crippen molar-refractivity contribution in [1.82, 2.24) is 9.80 Å². The summed E-state index contributed by atoms with van der Waals surface area (Å²) < 4.78 is 32.8. The quantitative estimate of drug-likeness (QED) is 0.203. The molecule has 1 rings (SSSR count). The Labute approximate surface area is 189 Å². The summed E-state index contributed by atoms with van der Waals surface area (Å²) in [7, 11) is -0.247. The number of quaternary nitrogens is 1. The van der Waals surface area contributed by atoms with Crippen molar-refractivity contribution in [2.45, 2.75) is 89.4 Å². The first-order valence-electron chi connectivity index (χ1n) is 11.8. The molecule has 0 unspecified atom stereocenters. The maximum atomic E-state index is 12.0. The molecule has 0 spiro atoms. The number of nitrogens with one attached hydrogen (secondary N) is 1. The number of hydrogen-bond donors (Lipinski definition) is 2. The van der Waals surface area contributed by atoms with E-state index in [4.69, 9.17) is 0 Å². The number of unbranched alkanes of at least 4 members (excludes halogenated alkanes) is 8. The molecule has 1 amide bonds. The highest BCUT2D eigenvalue weighted by molar-refractivity contribution is 7.85. The minimum atomic E-state index is -4.23. The van der Waals surface area contributed by atoms with Crippen molar-refractivity contribution in [3.05, 3.63) is 23.8 Å². The van der Waals surface area contributed by atoms with Gasteiger partial charge in [-0.2, -0.15) is 8.42 Å². The Bertz CT molecular complexity index is 776. The molecule has 2 N–H and O–H groups in total. The van der Waals surface area contributed by atoms with Gasteiger partial charge in [-0.25, -0.2) is 0 Å². The van der Waals surface area contributed by atoms with Gasteiger partial charge in [-0.3, -0.25) is 13.8 Å². The topological polar surface area (TPSA) is 83.5 Å². The van der Waals surface area contributed by atoms with Gasteiger partial charge in [0.25, 0.3) is 10.1 Å². The monoisotopic (exact) mass is 455 g/mol. The molecule has 0 radical (unpaired) electrons. The van der Waals surface area contributed by atoms with Gasteiger partial charge in [0.15, 0.2) is 0 Å². The Morgan fingerprint density at radius 2 is 1.52 bits per heavy atom. The standard InChI is InChI=1S/C24H42N2O4S/c1-5-6-7-8-9-10-11-12-13-15-24(27)25-16-14-17-26(3,4)22-18-21(2)19-23(20-22)31(28,29)30/h18-20H,5-17H2,1-4H3,(H-,25,27,28,29,30)/p+1. The van der Waals surface area contributed by atoms with Crippen molar-refractivity contribution in [3.63, 3.8) is 0 Å². The van der Waals surface area contributed by atoms with Crippen LogP contribution in [0.3, 0.4) is 0 Å². The number of rotatable bonds is 16. The molecule has 0 aliphatic rings. The number of carbonyl (C=O) groups is 1. The maximum Gasteiger partial charge on any atom is 0.294 e. The summed E-state index contributed by atoms with van der Waals surface area (Å²) in [4.78, 5) is 12.0. The van der Waals surface area contributed by atoms with E-state index in [0.717, 1.165) is 37.1 Å². The summed E-state index contributed by atoms with van der Waals surface area (Å²) >= 11 is 0. The summed E-state index contributed by atoms with van der Waals surface area (Å²) in [5, 5.41) is 2.99. The average molecular weight is 456 g/mol. The molecule has 0 aliphatic heterocycles. The molecule has 0 fully saturated rings. The number of carbonyl (C=O) groups excluding carboxylic acids is 1. The maximum absolute atomic E-state index is 12.0. The highest BCUT2D eigenvalue weighted by atomic mass is 32.2. The van der Waals surface area contributed by atoms with Crippen LogP contribution < -0.4 is 9.80 Å². The summed E-state index contributed by atoms with van der Waals surface area (Å²) in [5.74, 6) is 0.109. The first kappa shape index (κ1) is 27.6. The fourth-order valence-electron chi connectivity index (χ4n) is 3.74. The largest absolute Gasteiger partial charge is 0.356 e. The molecule has 0 atom stereocenters. The van der Waals surface area contributed by atoms with E-state index in [1.165, 1.54) is 57.1 Å². The molecule has 6 nitrogen and oxygen atoms in total. The van der Waals surface area contributed by atoms with Crippen molar-refractivity contribution >= 4 is 21.7 Å². The predicted octanol–water partition coefficient (Wildman–Crippen LogP) is 5.24. The van der Waals surface area contributed by atoms with Crippen molar-refractivity contribution in [1.29, 1.82) is 0 Å². The Balaban J connectivity index is 2.27. The van der Waals surface area contributed by atoms with Gasteiger partial charge < -0.3 is 5.32 Å². The van der Waals surface area contributed by atoms with Crippen molar-refractivity contribution in [3.8, 4) is 0 Å². The van der Waals surface area contributed by atoms with E-state index < -0.39 is 10.1 Å². The van der Waals surface area contributed by atoms with Crippen LogP contribution >= 0.6 is 0 Å². The van der Waals surface area contributed by atoms with E-state index in [1.54, 1.807) is 0 Å². The van der Waals surface area contributed by atoms with E-state index in [9.17, 15) is 17.8 Å². The zero-order valence-corrected chi connectivity index (χ0v) is 20.8. The van der Waals surface area contributed by atoms with Crippen LogP contribution in [0.4, 0.5) is 5.69 Å². The number of aryl methyl sites for hydroxylation is 1. The van der Waals surface area contributed by atoms with E-state index in [1.807, 2.05) is 27.1 Å². The minimum Gasteiger partial charge on any atom is -0.356 e. The van der Waals surface area contributed by atoms with Gasteiger partial charge in [0, 0.05) is 31.5 Å². The summed E-state index contributed by atoms with van der Waals surface area (Å²) in [6, 6.07) is 4.91. The molecule has 0 saturated carbocycles. The molecule has 0 saturated heterocycles. The van der Waals surface area contributed by atoms with E-state index >= 15 is 0 Å². The minimum absolute atomic E-state index is 0.0806. The molecule has 0 aliphatic carbocycles. The lowest BCUT2D eigenvalue weighted by Crippen LogP contribution is -2.42. The molecule has 31 heavy (non-hydrogen) atoms. The number of benzene rings is 1. The lowest BCUT2D eigenvalue weighted by atomic mass is 10.1. The van der Waals surface area contributed by atoms with Crippen LogP contribution in [0.15, 0.2) is 23.1 Å². The van der Waals surface area contributed by atoms with Gasteiger partial charge >= 0.3 is 0 Å². The lowest BCUT2D eigenvalue weighted by Gasteiger charge is -2.30. The molecular formula is C24H43N2O4S+. The summed E-state index contributed by atoms with van der Waals surface area (Å²) in [6.07, 6.45) is 12.5. The summed E-state index contributed by atoms with van der Waals surface area (Å²) in [5.41, 5.74) is 1.60. The van der Waals surface area contributed by atoms with Crippen LogP contribution in [0.2, 0.25) is 0 Å². The van der Waals surface area contributed by atoms with Crippen LogP contribution in [0.1, 0.15) is 83.1 Å². The van der Waals surface area contributed by atoms with Crippen LogP contribution in [-0.2, 0) is 14.9 Å². The second kappa shape index (κ2) is 13.9. The van der Waals surface area contributed by atoms with Gasteiger partial charge in [0.1, 0.15) is 10.6 Å². The third kappa shape index (κ3) is 11.7. The fourth-order valence-corrected chi connectivity index (χ4v) is 4.35. The van der Waals surface area contributed by atoms with Crippen LogP contribution in [0.25, 0.3) is 0 Å². The molecule has 178 valence electrons. The van der Waals surface area contributed by atoms with Gasteiger partial charge in [0.05, 0.1) is 20.6 Å². The Morgan fingerprint density at radius 3 is 2.10 bits per heavy atom. The van der Waals surface area contributed by atoms with Crippen molar-refractivity contribution in [2.24, 2.45) is 0 Å². The molecule has 1 aromatic rings. The molecular weight excluding hydrogens is 412 g/mol. The first-order valence-corrected chi connectivity index (χ1v) is 13.2. The zero-order chi connectivity index (χ0) is 23.3. The molecule has 0 bridgehead atoms. The van der Waals surface area contributed by atoms with E-state index in [0.29, 0.717) is 17.4 Å². The zero-order valence-electron chi connectivity index (χ0n) is 20.0. The molecule has 1 aromatic carbocycles.